The van der Waals surface area contributed by atoms with Gasteiger partial charge in [-0.05, 0) is 38.0 Å². The molecule has 0 spiro atoms. The molecule has 2 fully saturated rings. The van der Waals surface area contributed by atoms with E-state index in [4.69, 9.17) is 0 Å². The smallest absolute Gasteiger partial charge is 0.468 e. The van der Waals surface area contributed by atoms with Crippen LogP contribution >= 0.6 is 0 Å². The number of likely N-dealkylation sites (N-methyl/N-ethyl adjacent to an activating group) is 1. The molecule has 2 N–H and O–H groups in total. The first-order chi connectivity index (χ1) is 18.6. The van der Waals surface area contributed by atoms with Gasteiger partial charge in [-0.15, -0.1) is 0 Å². The van der Waals surface area contributed by atoms with Crippen molar-refractivity contribution in [1.29, 1.82) is 0 Å². The molecule has 2 aliphatic rings. The van der Waals surface area contributed by atoms with Crippen molar-refractivity contribution < 1.29 is 42.2 Å². The fourth-order valence-corrected chi connectivity index (χ4v) is 5.80. The quantitative estimate of drug-likeness (QED) is 0.287. The van der Waals surface area contributed by atoms with Crippen LogP contribution in [-0.4, -0.2) is 95.5 Å². The highest BCUT2D eigenvalue weighted by Crippen LogP contribution is 2.35. The number of nitrogens with zero attached hydrogens (tertiary/aromatic N) is 3. The second-order valence-corrected chi connectivity index (χ2v) is 11.4. The number of nitrogens with one attached hydrogen (secondary N) is 1. The number of carbonyl (C=O) groups excluding carboxylic acids is 3. The number of amides is 3. The van der Waals surface area contributed by atoms with Gasteiger partial charge in [-0.3, -0.25) is 19.2 Å². The first-order valence-corrected chi connectivity index (χ1v) is 13.9. The molecule has 1 saturated heterocycles. The van der Waals surface area contributed by atoms with Gasteiger partial charge in [0, 0.05) is 20.1 Å². The number of rotatable bonds is 11. The van der Waals surface area contributed by atoms with Crippen molar-refractivity contribution in [2.24, 2.45) is 16.8 Å². The summed E-state index contributed by atoms with van der Waals surface area (Å²) in [5.41, 5.74) is -1.88. The van der Waals surface area contributed by atoms with E-state index in [-0.39, 0.29) is 12.3 Å². The molecule has 1 aliphatic heterocycles. The van der Waals surface area contributed by atoms with Crippen LogP contribution in [0.3, 0.4) is 0 Å². The zero-order valence-electron chi connectivity index (χ0n) is 24.1. The van der Waals surface area contributed by atoms with Gasteiger partial charge in [0.05, 0.1) is 13.5 Å². The molecule has 0 aromatic rings. The molecule has 40 heavy (non-hydrogen) atoms. The Labute approximate surface area is 233 Å². The number of methoxy groups -OCH3 is 1. The summed E-state index contributed by atoms with van der Waals surface area (Å²) in [5.74, 6) is -5.45. The van der Waals surface area contributed by atoms with Crippen LogP contribution in [0.1, 0.15) is 78.6 Å². The number of carboxylic acid groups (broad SMARTS) is 1. The average Bonchev–Trinajstić information content (AvgIpc) is 3.40. The highest BCUT2D eigenvalue weighted by atomic mass is 19.4. The number of alkyl halides is 3. The van der Waals surface area contributed by atoms with Gasteiger partial charge in [0.2, 0.25) is 11.8 Å². The molecule has 0 unspecified atom stereocenters. The highest BCUT2D eigenvalue weighted by Gasteiger charge is 2.47. The van der Waals surface area contributed by atoms with Crippen molar-refractivity contribution in [2.75, 3.05) is 27.2 Å². The van der Waals surface area contributed by atoms with Crippen molar-refractivity contribution >= 4 is 29.6 Å². The SMILES string of the molecule is CO/C(=N\[C@@](C)(CC1CCCCC1)C(=O)N(C)[C@H](C(=O)N[C@@H](CC(=O)O)C(=O)N1CCCC1)C(C)C)C(F)(F)F. The third-order valence-corrected chi connectivity index (χ3v) is 7.70. The molecule has 0 bridgehead atoms. The fraction of sp³-hybridized carbons (Fsp3) is 0.815. The first kappa shape index (κ1) is 33.3. The molecular weight excluding hydrogens is 533 g/mol. The van der Waals surface area contributed by atoms with Crippen LogP contribution in [0, 0.1) is 11.8 Å². The van der Waals surface area contributed by atoms with Gasteiger partial charge in [-0.1, -0.05) is 46.0 Å². The molecule has 0 radical (unpaired) electrons. The van der Waals surface area contributed by atoms with Crippen LogP contribution in [0.15, 0.2) is 4.99 Å². The number of likely N-dealkylation sites (tertiary alicyclic amines) is 1. The zero-order valence-corrected chi connectivity index (χ0v) is 24.1. The van der Waals surface area contributed by atoms with Gasteiger partial charge in [0.25, 0.3) is 11.8 Å². The van der Waals surface area contributed by atoms with Crippen LogP contribution in [0.2, 0.25) is 0 Å². The van der Waals surface area contributed by atoms with E-state index in [1.54, 1.807) is 13.8 Å². The standard InChI is InChI=1S/C27H43F3N4O6/c1-17(2)21(22(37)31-19(15-20(35)36)23(38)34-13-9-10-14-34)33(4)25(39)26(3,16-18-11-7-6-8-12-18)32-24(40-5)27(28,29)30/h17-19,21H,6-16H2,1-5H3,(H,31,37)(H,35,36)/b32-24-/t19-,21-,26-/m0/s1. The predicted octanol–water partition coefficient (Wildman–Crippen LogP) is 3.39. The topological polar surface area (TPSA) is 129 Å². The minimum absolute atomic E-state index is 0.0319. The van der Waals surface area contributed by atoms with E-state index in [1.165, 1.54) is 18.9 Å². The molecule has 0 aromatic carbocycles. The Bertz CT molecular complexity index is 945. The van der Waals surface area contributed by atoms with E-state index in [9.17, 15) is 37.5 Å². The lowest BCUT2D eigenvalue weighted by molar-refractivity contribution is -0.147. The maximum absolute atomic E-state index is 13.9. The summed E-state index contributed by atoms with van der Waals surface area (Å²) < 4.78 is 45.4. The van der Waals surface area contributed by atoms with Crippen LogP contribution in [0.5, 0.6) is 0 Å². The number of carboxylic acids is 1. The third kappa shape index (κ3) is 8.82. The van der Waals surface area contributed by atoms with Gasteiger partial charge in [0.1, 0.15) is 17.6 Å². The lowest BCUT2D eigenvalue weighted by atomic mass is 9.79. The van der Waals surface area contributed by atoms with Gasteiger partial charge in [-0.2, -0.15) is 13.2 Å². The number of hydrogen-bond donors (Lipinski definition) is 2. The second kappa shape index (κ2) is 14.2. The van der Waals surface area contributed by atoms with E-state index < -0.39 is 65.7 Å². The molecule has 1 saturated carbocycles. The largest absolute Gasteiger partial charge is 0.481 e. The van der Waals surface area contributed by atoms with Crippen LogP contribution < -0.4 is 5.32 Å². The summed E-state index contributed by atoms with van der Waals surface area (Å²) in [5, 5.41) is 11.9. The minimum atomic E-state index is -4.92. The van der Waals surface area contributed by atoms with E-state index in [0.717, 1.165) is 57.0 Å². The number of hydrogen-bond acceptors (Lipinski definition) is 6. The van der Waals surface area contributed by atoms with E-state index in [2.05, 4.69) is 15.0 Å². The van der Waals surface area contributed by atoms with Gasteiger partial charge < -0.3 is 25.0 Å². The summed E-state index contributed by atoms with van der Waals surface area (Å²) in [7, 11) is 2.15. The summed E-state index contributed by atoms with van der Waals surface area (Å²) in [6.07, 6.45) is 0.335. The predicted molar refractivity (Wildman–Crippen MR) is 141 cm³/mol. The molecule has 2 rings (SSSR count). The molecule has 3 amide bonds. The third-order valence-electron chi connectivity index (χ3n) is 7.70. The summed E-state index contributed by atoms with van der Waals surface area (Å²) in [6, 6.07) is -2.54. The van der Waals surface area contributed by atoms with E-state index >= 15 is 0 Å². The maximum Gasteiger partial charge on any atom is 0.468 e. The Morgan fingerprint density at radius 1 is 1.07 bits per heavy atom. The van der Waals surface area contributed by atoms with Gasteiger partial charge in [-0.25, -0.2) is 4.99 Å². The molecule has 3 atom stereocenters. The molecule has 0 aromatic heterocycles. The average molecular weight is 577 g/mol. The Morgan fingerprint density at radius 3 is 2.12 bits per heavy atom. The molecule has 13 heteroatoms. The zero-order chi connectivity index (χ0) is 30.3. The summed E-state index contributed by atoms with van der Waals surface area (Å²) in [4.78, 5) is 58.2. The lowest BCUT2D eigenvalue weighted by Gasteiger charge is -2.38. The maximum atomic E-state index is 13.9. The molecular formula is C27H43F3N4O6. The number of carbonyl (C=O) groups is 4. The van der Waals surface area contributed by atoms with Crippen molar-refractivity contribution in [3.05, 3.63) is 0 Å². The molecule has 1 heterocycles. The number of aliphatic carboxylic acids is 1. The highest BCUT2D eigenvalue weighted by molar-refractivity contribution is 5.96. The molecule has 1 aliphatic carbocycles. The fourth-order valence-electron chi connectivity index (χ4n) is 5.80. The van der Waals surface area contributed by atoms with Crippen molar-refractivity contribution in [3.63, 3.8) is 0 Å². The van der Waals surface area contributed by atoms with Crippen LogP contribution in [-0.2, 0) is 23.9 Å². The van der Waals surface area contributed by atoms with Crippen molar-refractivity contribution in [1.82, 2.24) is 15.1 Å². The lowest BCUT2D eigenvalue weighted by Crippen LogP contribution is -2.59. The summed E-state index contributed by atoms with van der Waals surface area (Å²) in [6.45, 7) is 5.54. The Morgan fingerprint density at radius 2 is 1.65 bits per heavy atom. The molecule has 228 valence electrons. The van der Waals surface area contributed by atoms with Crippen molar-refractivity contribution in [3.8, 4) is 0 Å². The second-order valence-electron chi connectivity index (χ2n) is 11.4. The first-order valence-electron chi connectivity index (χ1n) is 13.9. The van der Waals surface area contributed by atoms with Gasteiger partial charge in [0.15, 0.2) is 0 Å². The Balaban J connectivity index is 2.39. The van der Waals surface area contributed by atoms with Crippen molar-refractivity contribution in [2.45, 2.75) is 102 Å². The van der Waals surface area contributed by atoms with E-state index in [0.29, 0.717) is 13.1 Å². The van der Waals surface area contributed by atoms with Crippen LogP contribution in [0.4, 0.5) is 13.2 Å². The minimum Gasteiger partial charge on any atom is -0.481 e. The van der Waals surface area contributed by atoms with E-state index in [1.807, 2.05) is 0 Å². The summed E-state index contributed by atoms with van der Waals surface area (Å²) >= 11 is 0. The molecule has 10 nitrogen and oxygen atoms in total. The number of halogens is 3. The number of aliphatic imine (C=N–C) groups is 1. The Kier molecular flexibility index (Phi) is 11.8. The van der Waals surface area contributed by atoms with Crippen LogP contribution in [0.25, 0.3) is 0 Å². The number of ether oxygens (including phenoxy) is 1. The normalized spacial score (nSPS) is 20.0. The Hall–Kier alpha value is -2.86. The van der Waals surface area contributed by atoms with Gasteiger partial charge >= 0.3 is 12.1 Å². The monoisotopic (exact) mass is 576 g/mol.